The molecule has 11 nitrogen and oxygen atoms in total. The first-order chi connectivity index (χ1) is 28.8. The quantitative estimate of drug-likeness (QED) is 0.0661. The van der Waals surface area contributed by atoms with Gasteiger partial charge in [-0.25, -0.2) is 13.8 Å². The number of likely N-dealkylation sites (tertiary alicyclic amines) is 1. The number of nitrogens with zero attached hydrogens (tertiary/aromatic N) is 7. The first kappa shape index (κ1) is 47.7. The Hall–Kier alpha value is -2.76. The molecular weight excluding hydrogens is 917 g/mol. The molecule has 0 radical (unpaired) electrons. The lowest BCUT2D eigenvalue weighted by atomic mass is 10.0. The Kier molecular flexibility index (Phi) is 15.3. The van der Waals surface area contributed by atoms with Crippen LogP contribution in [-0.2, 0) is 29.3 Å². The molecule has 2 aliphatic heterocycles. The molecule has 0 spiro atoms. The van der Waals surface area contributed by atoms with Gasteiger partial charge < -0.3 is 18.6 Å². The third kappa shape index (κ3) is 10.1. The molecule has 5 heterocycles. The third-order valence-corrected chi connectivity index (χ3v) is 25.5. The van der Waals surface area contributed by atoms with E-state index in [0.29, 0.717) is 90.2 Å². The summed E-state index contributed by atoms with van der Waals surface area (Å²) in [5.74, 6) is 4.47. The molecule has 61 heavy (non-hydrogen) atoms. The summed E-state index contributed by atoms with van der Waals surface area (Å²) in [6.45, 7) is 32.1. The fourth-order valence-electron chi connectivity index (χ4n) is 9.19. The summed E-state index contributed by atoms with van der Waals surface area (Å²) in [7, 11) is -2.12. The molecule has 6 rings (SSSR count). The lowest BCUT2D eigenvalue weighted by molar-refractivity contribution is -0.0367. The molecule has 0 N–H and O–H groups in total. The van der Waals surface area contributed by atoms with Crippen molar-refractivity contribution in [1.82, 2.24) is 34.2 Å². The molecule has 0 saturated carbocycles. The van der Waals surface area contributed by atoms with Gasteiger partial charge in [-0.1, -0.05) is 68.2 Å². The van der Waals surface area contributed by atoms with Crippen LogP contribution in [0.2, 0.25) is 34.8 Å². The number of benzene rings is 1. The van der Waals surface area contributed by atoms with Gasteiger partial charge in [0.25, 0.3) is 0 Å². The Morgan fingerprint density at radius 1 is 1.00 bits per heavy atom. The monoisotopic (exact) mass is 987 g/mol. The van der Waals surface area contributed by atoms with Crippen molar-refractivity contribution in [2.75, 3.05) is 32.9 Å². The summed E-state index contributed by atoms with van der Waals surface area (Å²) >= 11 is 2.38. The second-order valence-corrected chi connectivity index (χ2v) is 31.0. The first-order valence-corrected chi connectivity index (χ1v) is 28.8. The fraction of sp³-hybridized carbons (Fsp3) is 0.674. The highest BCUT2D eigenvalue weighted by Gasteiger charge is 2.42. The van der Waals surface area contributed by atoms with Crippen LogP contribution in [0.4, 0.5) is 4.39 Å². The zero-order valence-corrected chi connectivity index (χ0v) is 43.3. The van der Waals surface area contributed by atoms with E-state index in [1.807, 2.05) is 24.7 Å². The summed E-state index contributed by atoms with van der Waals surface area (Å²) in [4.78, 5) is 2.43. The minimum absolute atomic E-state index is 0.120. The Balaban J connectivity index is 1.29. The van der Waals surface area contributed by atoms with Gasteiger partial charge in [-0.15, -0.1) is 10.6 Å². The summed E-state index contributed by atoms with van der Waals surface area (Å²) < 4.78 is 48.9. The molecule has 2 aliphatic rings. The van der Waals surface area contributed by atoms with Crippen LogP contribution in [0, 0.1) is 20.9 Å². The van der Waals surface area contributed by atoms with E-state index in [2.05, 4.69) is 124 Å². The summed E-state index contributed by atoms with van der Waals surface area (Å²) in [6, 6.07) is 3.52. The Labute approximate surface area is 380 Å². The summed E-state index contributed by atoms with van der Waals surface area (Å²) in [6.07, 6.45) is 6.07. The van der Waals surface area contributed by atoms with Gasteiger partial charge in [0.1, 0.15) is 25.7 Å². The van der Waals surface area contributed by atoms with E-state index in [1.165, 1.54) is 0 Å². The average molecular weight is 988 g/mol. The number of piperidine rings is 1. The van der Waals surface area contributed by atoms with Crippen molar-refractivity contribution in [3.05, 3.63) is 39.1 Å². The Morgan fingerprint density at radius 2 is 1.72 bits per heavy atom. The topological polar surface area (TPSA) is 93.6 Å². The van der Waals surface area contributed by atoms with Crippen molar-refractivity contribution in [3.8, 4) is 34.4 Å². The maximum atomic E-state index is 16.6. The molecule has 4 aromatic rings. The number of fused-ring (bicyclic) bond motifs is 1. The molecule has 0 aliphatic carbocycles. The van der Waals surface area contributed by atoms with E-state index < -0.39 is 16.4 Å². The van der Waals surface area contributed by atoms with Gasteiger partial charge in [-0.2, -0.15) is 10.2 Å². The third-order valence-electron chi connectivity index (χ3n) is 13.6. The number of ether oxygens (including phenoxy) is 3. The van der Waals surface area contributed by atoms with Gasteiger partial charge in [0.05, 0.1) is 46.3 Å². The van der Waals surface area contributed by atoms with Crippen LogP contribution < -0.4 is 9.47 Å². The van der Waals surface area contributed by atoms with Crippen LogP contribution in [0.5, 0.6) is 11.8 Å². The maximum Gasteiger partial charge on any atom is 0.246 e. The molecular formula is C46H71FIN7O4Si2. The minimum Gasteiger partial charge on any atom is -0.476 e. The molecule has 2 saturated heterocycles. The van der Waals surface area contributed by atoms with E-state index in [1.54, 1.807) is 16.9 Å². The van der Waals surface area contributed by atoms with Crippen LogP contribution in [0.15, 0.2) is 18.3 Å². The average Bonchev–Trinajstić information content (AvgIpc) is 3.83. The van der Waals surface area contributed by atoms with Crippen LogP contribution in [0.1, 0.15) is 119 Å². The van der Waals surface area contributed by atoms with E-state index in [-0.39, 0.29) is 23.2 Å². The second-order valence-electron chi connectivity index (χ2n) is 19.5. The molecule has 1 unspecified atom stereocenters. The molecule has 0 amide bonds. The molecule has 1 aromatic carbocycles. The Morgan fingerprint density at radius 3 is 2.36 bits per heavy atom. The number of aryl methyl sites for hydroxylation is 1. The van der Waals surface area contributed by atoms with Gasteiger partial charge in [0, 0.05) is 43.8 Å². The van der Waals surface area contributed by atoms with E-state index in [0.717, 1.165) is 53.3 Å². The van der Waals surface area contributed by atoms with E-state index in [4.69, 9.17) is 28.8 Å². The number of aromatic nitrogens is 6. The standard InChI is InChI=1S/C46H71FIN7O4Si2/c1-14-56-44-43(48)41(54(51-44)22-24-58-60(12,13)46(8,9)10)30-53-21-17-18-34(29-53)59-45-37(28-49-52(45)11)35-26-36-39(20-25-61(31(2)3,32(4)5)33(6)7)50-55(40(36)27-38(35)47)42-19-15-16-23-57-42/h26-28,31-34,42H,14-19,21-24,29-30H2,1-13H3/t34-,42?/m1/s1. The predicted molar refractivity (Wildman–Crippen MR) is 257 cm³/mol. The van der Waals surface area contributed by atoms with Gasteiger partial charge in [-0.3, -0.25) is 9.58 Å². The van der Waals surface area contributed by atoms with Crippen LogP contribution >= 0.6 is 22.6 Å². The fourth-order valence-corrected chi connectivity index (χ4v) is 16.1. The van der Waals surface area contributed by atoms with Gasteiger partial charge in [-0.05, 0) is 109 Å². The molecule has 336 valence electrons. The number of hydrogen-bond donors (Lipinski definition) is 0. The number of rotatable bonds is 15. The van der Waals surface area contributed by atoms with Crippen molar-refractivity contribution in [3.63, 3.8) is 0 Å². The molecule has 2 atom stereocenters. The Bertz CT molecular complexity index is 2170. The highest BCUT2D eigenvalue weighted by molar-refractivity contribution is 14.1. The largest absolute Gasteiger partial charge is 0.476 e. The zero-order valence-electron chi connectivity index (χ0n) is 39.1. The highest BCUT2D eigenvalue weighted by atomic mass is 127. The van der Waals surface area contributed by atoms with Crippen molar-refractivity contribution in [2.24, 2.45) is 7.05 Å². The SMILES string of the molecule is CCOc1nn(CCO[Si](C)(C)C(C)(C)C)c(CN2CCC[C@@H](Oc3c(-c4cc5c(C#C[Si](C(C)C)(C(C)C)C(C)C)nn(C6CCCCO6)c5cc4F)cnn3C)C2)c1I. The maximum absolute atomic E-state index is 16.6. The van der Waals surface area contributed by atoms with Crippen LogP contribution in [-0.4, -0.2) is 89.6 Å². The number of hydrogen-bond acceptors (Lipinski definition) is 8. The number of halogens is 2. The molecule has 15 heteroatoms. The second kappa shape index (κ2) is 19.5. The lowest BCUT2D eigenvalue weighted by Gasteiger charge is -2.38. The van der Waals surface area contributed by atoms with E-state index in [9.17, 15) is 0 Å². The zero-order chi connectivity index (χ0) is 44.4. The molecule has 0 bridgehead atoms. The van der Waals surface area contributed by atoms with Crippen LogP contribution in [0.25, 0.3) is 22.0 Å². The van der Waals surface area contributed by atoms with Crippen molar-refractivity contribution in [2.45, 2.75) is 162 Å². The van der Waals surface area contributed by atoms with Gasteiger partial charge >= 0.3 is 0 Å². The van der Waals surface area contributed by atoms with Crippen molar-refractivity contribution >= 4 is 49.9 Å². The van der Waals surface area contributed by atoms with Gasteiger partial charge in [0.15, 0.2) is 14.5 Å². The molecule has 2 fully saturated rings. The highest BCUT2D eigenvalue weighted by Crippen LogP contribution is 2.42. The van der Waals surface area contributed by atoms with Crippen molar-refractivity contribution in [1.29, 1.82) is 0 Å². The summed E-state index contributed by atoms with van der Waals surface area (Å²) in [5, 5.41) is 15.5. The molecule has 3 aromatic heterocycles. The lowest BCUT2D eigenvalue weighted by Crippen LogP contribution is -2.43. The van der Waals surface area contributed by atoms with Gasteiger partial charge in [0.2, 0.25) is 11.8 Å². The van der Waals surface area contributed by atoms with Crippen molar-refractivity contribution < 1.29 is 23.0 Å². The van der Waals surface area contributed by atoms with Crippen LogP contribution in [0.3, 0.4) is 0 Å². The smallest absolute Gasteiger partial charge is 0.246 e. The summed E-state index contributed by atoms with van der Waals surface area (Å²) in [5.41, 5.74) is 8.82. The first-order valence-electron chi connectivity index (χ1n) is 22.6. The predicted octanol–water partition coefficient (Wildman–Crippen LogP) is 11.1. The minimum atomic E-state index is -2.08. The normalized spacial score (nSPS) is 18.4. The van der Waals surface area contributed by atoms with E-state index >= 15 is 4.39 Å².